The van der Waals surface area contributed by atoms with E-state index in [1.165, 1.54) is 12.1 Å². The van der Waals surface area contributed by atoms with Crippen LogP contribution in [-0.4, -0.2) is 9.97 Å². The Morgan fingerprint density at radius 3 is 2.35 bits per heavy atom. The van der Waals surface area contributed by atoms with Crippen molar-refractivity contribution in [3.8, 4) is 0 Å². The standard InChI is InChI=1S/C19H17F3N4/c1-2-13-5-3-4-6-16(13)25-18-23-12-11-17(26-18)24-15-9-7-14(8-10-15)19(20,21)22/h3-12H,2H2,1H3,(H2,23,24,25,26). The molecule has 0 unspecified atom stereocenters. The van der Waals surface area contributed by atoms with Gasteiger partial charge in [-0.1, -0.05) is 25.1 Å². The second-order valence-corrected chi connectivity index (χ2v) is 5.60. The van der Waals surface area contributed by atoms with Gasteiger partial charge in [-0.05, 0) is 48.4 Å². The van der Waals surface area contributed by atoms with Gasteiger partial charge in [-0.2, -0.15) is 18.2 Å². The quantitative estimate of drug-likeness (QED) is 0.628. The molecule has 1 aromatic heterocycles. The number of aryl methyl sites for hydroxylation is 1. The van der Waals surface area contributed by atoms with E-state index in [-0.39, 0.29) is 0 Å². The van der Waals surface area contributed by atoms with Crippen LogP contribution in [0, 0.1) is 0 Å². The summed E-state index contributed by atoms with van der Waals surface area (Å²) in [6.07, 6.45) is -1.90. The number of nitrogens with zero attached hydrogens (tertiary/aromatic N) is 2. The summed E-state index contributed by atoms with van der Waals surface area (Å²) < 4.78 is 37.9. The van der Waals surface area contributed by atoms with E-state index in [2.05, 4.69) is 27.5 Å². The van der Waals surface area contributed by atoms with E-state index in [9.17, 15) is 13.2 Å². The summed E-state index contributed by atoms with van der Waals surface area (Å²) >= 11 is 0. The van der Waals surface area contributed by atoms with Crippen molar-refractivity contribution < 1.29 is 13.2 Å². The highest BCUT2D eigenvalue weighted by Gasteiger charge is 2.29. The van der Waals surface area contributed by atoms with Gasteiger partial charge in [0.1, 0.15) is 5.82 Å². The fraction of sp³-hybridized carbons (Fsp3) is 0.158. The third-order valence-corrected chi connectivity index (χ3v) is 3.78. The predicted octanol–water partition coefficient (Wildman–Crippen LogP) is 5.55. The molecule has 0 aliphatic rings. The molecule has 0 amide bonds. The van der Waals surface area contributed by atoms with Crippen LogP contribution >= 0.6 is 0 Å². The Labute approximate surface area is 149 Å². The number of benzene rings is 2. The Kier molecular flexibility index (Phi) is 5.06. The lowest BCUT2D eigenvalue weighted by Crippen LogP contribution is -2.05. The maximum Gasteiger partial charge on any atom is 0.416 e. The molecular formula is C19H17F3N4. The smallest absolute Gasteiger partial charge is 0.340 e. The van der Waals surface area contributed by atoms with Gasteiger partial charge in [0, 0.05) is 17.6 Å². The molecule has 0 bridgehead atoms. The summed E-state index contributed by atoms with van der Waals surface area (Å²) in [5.74, 6) is 0.888. The van der Waals surface area contributed by atoms with Crippen molar-refractivity contribution in [1.82, 2.24) is 9.97 Å². The first-order chi connectivity index (χ1) is 12.5. The average molecular weight is 358 g/mol. The van der Waals surface area contributed by atoms with Crippen LogP contribution in [0.4, 0.5) is 36.3 Å². The van der Waals surface area contributed by atoms with Crippen molar-refractivity contribution >= 4 is 23.1 Å². The molecule has 0 aliphatic heterocycles. The molecule has 26 heavy (non-hydrogen) atoms. The first-order valence-corrected chi connectivity index (χ1v) is 8.08. The summed E-state index contributed by atoms with van der Waals surface area (Å²) in [6, 6.07) is 14.3. The highest BCUT2D eigenvalue weighted by atomic mass is 19.4. The highest BCUT2D eigenvalue weighted by molar-refractivity contribution is 5.61. The lowest BCUT2D eigenvalue weighted by Gasteiger charge is -2.11. The second-order valence-electron chi connectivity index (χ2n) is 5.60. The fourth-order valence-corrected chi connectivity index (χ4v) is 2.45. The van der Waals surface area contributed by atoms with Gasteiger partial charge in [0.05, 0.1) is 5.56 Å². The molecule has 3 rings (SSSR count). The minimum atomic E-state index is -4.35. The molecule has 0 radical (unpaired) electrons. The first kappa shape index (κ1) is 17.7. The van der Waals surface area contributed by atoms with Crippen molar-refractivity contribution in [2.45, 2.75) is 19.5 Å². The van der Waals surface area contributed by atoms with Crippen LogP contribution in [0.15, 0.2) is 60.8 Å². The number of alkyl halides is 3. The molecule has 3 aromatic rings. The lowest BCUT2D eigenvalue weighted by molar-refractivity contribution is -0.137. The van der Waals surface area contributed by atoms with Crippen molar-refractivity contribution in [1.29, 1.82) is 0 Å². The topological polar surface area (TPSA) is 49.8 Å². The van der Waals surface area contributed by atoms with Gasteiger partial charge in [0.25, 0.3) is 0 Å². The van der Waals surface area contributed by atoms with Gasteiger partial charge in [0.15, 0.2) is 0 Å². The number of rotatable bonds is 5. The third kappa shape index (κ3) is 4.30. The molecule has 0 saturated heterocycles. The number of halogens is 3. The average Bonchev–Trinajstić information content (AvgIpc) is 2.62. The van der Waals surface area contributed by atoms with Crippen molar-refractivity contribution in [2.24, 2.45) is 0 Å². The van der Waals surface area contributed by atoms with Gasteiger partial charge in [-0.25, -0.2) is 4.98 Å². The molecule has 1 heterocycles. The minimum Gasteiger partial charge on any atom is -0.340 e. The number of nitrogens with one attached hydrogen (secondary N) is 2. The number of para-hydroxylation sites is 1. The molecule has 0 spiro atoms. The van der Waals surface area contributed by atoms with E-state index in [0.29, 0.717) is 17.5 Å². The Morgan fingerprint density at radius 2 is 1.65 bits per heavy atom. The van der Waals surface area contributed by atoms with Crippen LogP contribution in [0.25, 0.3) is 0 Å². The fourth-order valence-electron chi connectivity index (χ4n) is 2.45. The van der Waals surface area contributed by atoms with Crippen LogP contribution < -0.4 is 10.6 Å². The van der Waals surface area contributed by atoms with Gasteiger partial charge >= 0.3 is 6.18 Å². The van der Waals surface area contributed by atoms with E-state index in [4.69, 9.17) is 0 Å². The summed E-state index contributed by atoms with van der Waals surface area (Å²) in [6.45, 7) is 2.06. The van der Waals surface area contributed by atoms with Gasteiger partial charge in [0.2, 0.25) is 5.95 Å². The Balaban J connectivity index is 1.75. The van der Waals surface area contributed by atoms with E-state index in [0.717, 1.165) is 29.8 Å². The van der Waals surface area contributed by atoms with Crippen LogP contribution in [0.1, 0.15) is 18.1 Å². The SMILES string of the molecule is CCc1ccccc1Nc1nccc(Nc2ccc(C(F)(F)F)cc2)n1. The van der Waals surface area contributed by atoms with Crippen molar-refractivity contribution in [3.63, 3.8) is 0 Å². The Morgan fingerprint density at radius 1 is 0.923 bits per heavy atom. The monoisotopic (exact) mass is 358 g/mol. The van der Waals surface area contributed by atoms with E-state index in [1.807, 2.05) is 24.3 Å². The van der Waals surface area contributed by atoms with Gasteiger partial charge < -0.3 is 10.6 Å². The summed E-state index contributed by atoms with van der Waals surface area (Å²) in [5.41, 5.74) is 1.87. The summed E-state index contributed by atoms with van der Waals surface area (Å²) in [7, 11) is 0. The maximum atomic E-state index is 12.6. The zero-order chi connectivity index (χ0) is 18.6. The van der Waals surface area contributed by atoms with Crippen LogP contribution in [0.3, 0.4) is 0 Å². The first-order valence-electron chi connectivity index (χ1n) is 8.08. The Hall–Kier alpha value is -3.09. The van der Waals surface area contributed by atoms with Crippen molar-refractivity contribution in [2.75, 3.05) is 10.6 Å². The molecule has 0 atom stereocenters. The zero-order valence-electron chi connectivity index (χ0n) is 14.0. The summed E-state index contributed by atoms with van der Waals surface area (Å²) in [4.78, 5) is 8.54. The zero-order valence-corrected chi connectivity index (χ0v) is 14.0. The van der Waals surface area contributed by atoms with Crippen molar-refractivity contribution in [3.05, 3.63) is 71.9 Å². The van der Waals surface area contributed by atoms with Crippen LogP contribution in [-0.2, 0) is 12.6 Å². The normalized spacial score (nSPS) is 11.2. The van der Waals surface area contributed by atoms with E-state index >= 15 is 0 Å². The maximum absolute atomic E-state index is 12.6. The molecule has 4 nitrogen and oxygen atoms in total. The minimum absolute atomic E-state index is 0.405. The second kappa shape index (κ2) is 7.43. The largest absolute Gasteiger partial charge is 0.416 e. The number of anilines is 4. The molecule has 0 aliphatic carbocycles. The number of hydrogen-bond donors (Lipinski definition) is 2. The van der Waals surface area contributed by atoms with Crippen LogP contribution in [0.5, 0.6) is 0 Å². The summed E-state index contributed by atoms with van der Waals surface area (Å²) in [5, 5.41) is 6.15. The Bertz CT molecular complexity index is 876. The molecule has 0 fully saturated rings. The highest BCUT2D eigenvalue weighted by Crippen LogP contribution is 2.30. The van der Waals surface area contributed by atoms with E-state index in [1.54, 1.807) is 12.3 Å². The van der Waals surface area contributed by atoms with Gasteiger partial charge in [-0.3, -0.25) is 0 Å². The van der Waals surface area contributed by atoms with Gasteiger partial charge in [-0.15, -0.1) is 0 Å². The van der Waals surface area contributed by atoms with E-state index < -0.39 is 11.7 Å². The third-order valence-electron chi connectivity index (χ3n) is 3.78. The molecule has 134 valence electrons. The number of hydrogen-bond acceptors (Lipinski definition) is 4. The molecule has 2 aromatic carbocycles. The molecule has 2 N–H and O–H groups in total. The van der Waals surface area contributed by atoms with Crippen LogP contribution in [0.2, 0.25) is 0 Å². The number of aromatic nitrogens is 2. The molecular weight excluding hydrogens is 341 g/mol. The molecule has 0 saturated carbocycles. The predicted molar refractivity (Wildman–Crippen MR) is 95.9 cm³/mol. The molecule has 7 heteroatoms. The lowest BCUT2D eigenvalue weighted by atomic mass is 10.1.